The summed E-state index contributed by atoms with van der Waals surface area (Å²) in [6.45, 7) is 9.60. The molecule has 6 rings (SSSR count). The molecule has 1 unspecified atom stereocenters. The molecule has 1 amide bonds. The van der Waals surface area contributed by atoms with Crippen molar-refractivity contribution in [2.45, 2.75) is 45.8 Å². The van der Waals surface area contributed by atoms with Gasteiger partial charge in [-0.3, -0.25) is 19.4 Å². The van der Waals surface area contributed by atoms with Crippen LogP contribution < -0.4 is 15.0 Å². The van der Waals surface area contributed by atoms with Gasteiger partial charge >= 0.3 is 0 Å². The maximum absolute atomic E-state index is 13.6. The van der Waals surface area contributed by atoms with E-state index >= 15 is 0 Å². The van der Waals surface area contributed by atoms with Crippen LogP contribution in [0.4, 0.5) is 0 Å². The van der Waals surface area contributed by atoms with Crippen molar-refractivity contribution in [3.05, 3.63) is 115 Å². The number of carbonyl (C=O) groups excluding carboxylic acids is 1. The van der Waals surface area contributed by atoms with Crippen molar-refractivity contribution in [1.29, 1.82) is 5.26 Å². The number of methoxy groups -OCH3 is 2. The highest BCUT2D eigenvalue weighted by Crippen LogP contribution is 2.38. The van der Waals surface area contributed by atoms with Crippen molar-refractivity contribution < 1.29 is 14.3 Å². The Bertz CT molecular complexity index is 2070. The summed E-state index contributed by atoms with van der Waals surface area (Å²) in [6, 6.07) is 20.1. The van der Waals surface area contributed by atoms with Gasteiger partial charge in [0, 0.05) is 70.2 Å². The van der Waals surface area contributed by atoms with Crippen LogP contribution in [0.15, 0.2) is 75.8 Å². The van der Waals surface area contributed by atoms with Gasteiger partial charge in [-0.1, -0.05) is 30.3 Å². The number of amides is 1. The number of hydrogen-bond donors (Lipinski definition) is 0. The zero-order valence-corrected chi connectivity index (χ0v) is 32.1. The standard InChI is InChI=1S/C41H45BrN6O4/c1-27-28(2)40(49)45(3)25-34(27)31-21-37(51-4)35(38(22-31)52-5)26-47-17-15-46(16-18-47)24-29-9-6-10-30(19-29)36-12-8-14-48(36)41(50)32(23-43)20-33-11-7-13-39(42)44-33/h6-7,9-11,13,19-22,25,36H,8,12,14-18,24,26H2,1-5H3/b32-20+. The lowest BCUT2D eigenvalue weighted by atomic mass is 9.97. The van der Waals surface area contributed by atoms with E-state index in [0.29, 0.717) is 23.4 Å². The summed E-state index contributed by atoms with van der Waals surface area (Å²) in [5.74, 6) is 1.27. The highest BCUT2D eigenvalue weighted by Gasteiger charge is 2.32. The van der Waals surface area contributed by atoms with Crippen molar-refractivity contribution in [2.24, 2.45) is 7.05 Å². The van der Waals surface area contributed by atoms with Crippen LogP contribution in [0.3, 0.4) is 0 Å². The van der Waals surface area contributed by atoms with E-state index in [4.69, 9.17) is 9.47 Å². The topological polar surface area (TPSA) is 104 Å². The van der Waals surface area contributed by atoms with Gasteiger partial charge in [0.2, 0.25) is 0 Å². The fraction of sp³-hybridized carbons (Fsp3) is 0.366. The smallest absolute Gasteiger partial charge is 0.265 e. The fourth-order valence-electron chi connectivity index (χ4n) is 7.35. The van der Waals surface area contributed by atoms with Gasteiger partial charge in [-0.05, 0) is 95.2 Å². The molecule has 4 heterocycles. The second-order valence-electron chi connectivity index (χ2n) is 13.6. The summed E-state index contributed by atoms with van der Waals surface area (Å²) in [5.41, 5.74) is 7.59. The summed E-state index contributed by atoms with van der Waals surface area (Å²) in [6.07, 6.45) is 5.20. The lowest BCUT2D eigenvalue weighted by Crippen LogP contribution is -2.45. The van der Waals surface area contributed by atoms with Crippen LogP contribution in [0.1, 0.15) is 52.4 Å². The fourth-order valence-corrected chi connectivity index (χ4v) is 7.71. The first-order valence-electron chi connectivity index (χ1n) is 17.6. The van der Waals surface area contributed by atoms with Crippen molar-refractivity contribution >= 4 is 27.9 Å². The molecule has 2 saturated heterocycles. The van der Waals surface area contributed by atoms with E-state index in [2.05, 4.69) is 61.0 Å². The highest BCUT2D eigenvalue weighted by molar-refractivity contribution is 9.10. The summed E-state index contributed by atoms with van der Waals surface area (Å²) in [5, 5.41) is 9.88. The summed E-state index contributed by atoms with van der Waals surface area (Å²) in [4.78, 5) is 37.2. The van der Waals surface area contributed by atoms with E-state index in [1.165, 1.54) is 5.56 Å². The van der Waals surface area contributed by atoms with E-state index in [-0.39, 0.29) is 23.1 Å². The number of halogens is 1. The molecule has 2 aromatic heterocycles. The minimum atomic E-state index is -0.256. The maximum Gasteiger partial charge on any atom is 0.265 e. The molecule has 0 aliphatic carbocycles. The molecule has 2 fully saturated rings. The monoisotopic (exact) mass is 764 g/mol. The highest BCUT2D eigenvalue weighted by atomic mass is 79.9. The molecule has 0 N–H and O–H groups in total. The Labute approximate surface area is 314 Å². The third-order valence-electron chi connectivity index (χ3n) is 10.3. The average Bonchev–Trinajstić information content (AvgIpc) is 3.65. The number of rotatable bonds is 10. The Morgan fingerprint density at radius 3 is 2.29 bits per heavy atom. The zero-order valence-electron chi connectivity index (χ0n) is 30.5. The van der Waals surface area contributed by atoms with Crippen molar-refractivity contribution in [1.82, 2.24) is 24.3 Å². The predicted molar refractivity (Wildman–Crippen MR) is 206 cm³/mol. The van der Waals surface area contributed by atoms with E-state index in [1.54, 1.807) is 38.0 Å². The van der Waals surface area contributed by atoms with Crippen LogP contribution >= 0.6 is 15.9 Å². The van der Waals surface area contributed by atoms with Gasteiger partial charge < -0.3 is 18.9 Å². The molecular formula is C41H45BrN6O4. The second-order valence-corrected chi connectivity index (χ2v) is 14.4. The first kappa shape index (κ1) is 37.0. The Hall–Kier alpha value is -4.76. The van der Waals surface area contributed by atoms with Crippen LogP contribution in [0, 0.1) is 25.2 Å². The van der Waals surface area contributed by atoms with Gasteiger partial charge in [-0.2, -0.15) is 5.26 Å². The number of carbonyl (C=O) groups is 1. The number of pyridine rings is 2. The lowest BCUT2D eigenvalue weighted by molar-refractivity contribution is -0.127. The van der Waals surface area contributed by atoms with Gasteiger partial charge in [0.1, 0.15) is 27.7 Å². The quantitative estimate of drug-likeness (QED) is 0.103. The van der Waals surface area contributed by atoms with Crippen LogP contribution in [-0.2, 0) is 24.9 Å². The molecule has 1 atom stereocenters. The third kappa shape index (κ3) is 7.99. The zero-order chi connectivity index (χ0) is 36.9. The largest absolute Gasteiger partial charge is 0.496 e. The third-order valence-corrected chi connectivity index (χ3v) is 10.8. The van der Waals surface area contributed by atoms with Gasteiger partial charge in [0.25, 0.3) is 11.5 Å². The SMILES string of the molecule is COc1cc(-c2cn(C)c(=O)c(C)c2C)cc(OC)c1CN1CCN(Cc2cccc(C3CCCN3C(=O)/C(C#N)=C/c3cccc(Br)n3)c2)CC1. The number of nitrogens with zero attached hydrogens (tertiary/aromatic N) is 6. The number of hydrogen-bond acceptors (Lipinski definition) is 8. The number of aryl methyl sites for hydroxylation is 1. The molecule has 2 aromatic carbocycles. The number of nitriles is 1. The number of aromatic nitrogens is 2. The molecule has 4 aromatic rings. The van der Waals surface area contributed by atoms with E-state index in [1.807, 2.05) is 49.2 Å². The molecule has 2 aliphatic rings. The van der Waals surface area contributed by atoms with Crippen molar-refractivity contribution in [3.8, 4) is 28.7 Å². The molecular weight excluding hydrogens is 720 g/mol. The second kappa shape index (κ2) is 16.3. The first-order chi connectivity index (χ1) is 25.1. The molecule has 0 spiro atoms. The number of likely N-dealkylation sites (tertiary alicyclic amines) is 1. The van der Waals surface area contributed by atoms with Gasteiger partial charge in [0.15, 0.2) is 0 Å². The molecule has 2 aliphatic heterocycles. The molecule has 0 saturated carbocycles. The Morgan fingerprint density at radius 2 is 1.63 bits per heavy atom. The number of benzene rings is 2. The van der Waals surface area contributed by atoms with Crippen molar-refractivity contribution in [2.75, 3.05) is 46.9 Å². The van der Waals surface area contributed by atoms with E-state index in [0.717, 1.165) is 90.4 Å². The summed E-state index contributed by atoms with van der Waals surface area (Å²) >= 11 is 3.36. The average molecular weight is 766 g/mol. The summed E-state index contributed by atoms with van der Waals surface area (Å²) in [7, 11) is 5.15. The first-order valence-corrected chi connectivity index (χ1v) is 18.4. The van der Waals surface area contributed by atoms with Crippen LogP contribution in [0.2, 0.25) is 0 Å². The number of ether oxygens (including phenoxy) is 2. The number of piperazine rings is 1. The molecule has 0 bridgehead atoms. The van der Waals surface area contributed by atoms with Gasteiger partial charge in [0.05, 0.1) is 31.5 Å². The van der Waals surface area contributed by atoms with Crippen LogP contribution in [-0.4, -0.2) is 77.1 Å². The minimum absolute atomic E-state index is 0.00508. The Kier molecular flexibility index (Phi) is 11.6. The van der Waals surface area contributed by atoms with E-state index < -0.39 is 0 Å². The molecule has 10 nitrogen and oxygen atoms in total. The normalized spacial score (nSPS) is 16.9. The van der Waals surface area contributed by atoms with Crippen LogP contribution in [0.5, 0.6) is 11.5 Å². The van der Waals surface area contributed by atoms with Crippen molar-refractivity contribution in [3.63, 3.8) is 0 Å². The van der Waals surface area contributed by atoms with Crippen LogP contribution in [0.25, 0.3) is 17.2 Å². The molecule has 270 valence electrons. The predicted octanol–water partition coefficient (Wildman–Crippen LogP) is 6.43. The van der Waals surface area contributed by atoms with E-state index in [9.17, 15) is 14.9 Å². The molecule has 11 heteroatoms. The Morgan fingerprint density at radius 1 is 0.962 bits per heavy atom. The Balaban J connectivity index is 1.11. The summed E-state index contributed by atoms with van der Waals surface area (Å²) < 4.78 is 14.1. The molecule has 52 heavy (non-hydrogen) atoms. The van der Waals surface area contributed by atoms with Gasteiger partial charge in [-0.25, -0.2) is 4.98 Å². The van der Waals surface area contributed by atoms with Gasteiger partial charge in [-0.15, -0.1) is 0 Å². The lowest BCUT2D eigenvalue weighted by Gasteiger charge is -2.35. The minimum Gasteiger partial charge on any atom is -0.496 e. The maximum atomic E-state index is 13.6. The molecule has 0 radical (unpaired) electrons.